The summed E-state index contributed by atoms with van der Waals surface area (Å²) in [7, 11) is 2.09. The second kappa shape index (κ2) is 10.5. The highest BCUT2D eigenvalue weighted by Crippen LogP contribution is 2.27. The Kier molecular flexibility index (Phi) is 7.31. The fraction of sp³-hybridized carbons (Fsp3) is 0.417. The maximum atomic E-state index is 11.9. The Bertz CT molecular complexity index is 1000. The minimum absolute atomic E-state index is 0.243. The monoisotopic (exact) mass is 450 g/mol. The molecule has 0 radical (unpaired) electrons. The molecule has 9 heteroatoms. The number of benzene rings is 1. The molecule has 1 aromatic heterocycles. The molecule has 4 rings (SSSR count). The lowest BCUT2D eigenvalue weighted by Crippen LogP contribution is -2.54. The predicted octanol–water partition coefficient (Wildman–Crippen LogP) is 2.11. The lowest BCUT2D eigenvalue weighted by atomic mass is 10.1. The van der Waals surface area contributed by atoms with Gasteiger partial charge in [0.15, 0.2) is 17.9 Å². The van der Waals surface area contributed by atoms with Gasteiger partial charge in [-0.1, -0.05) is 0 Å². The fourth-order valence-electron chi connectivity index (χ4n) is 3.89. The van der Waals surface area contributed by atoms with Gasteiger partial charge in [0.2, 0.25) is 0 Å². The molecule has 2 aliphatic heterocycles. The summed E-state index contributed by atoms with van der Waals surface area (Å²) < 4.78 is 5.07. The zero-order valence-electron chi connectivity index (χ0n) is 19.1. The number of carbonyl (C=O) groups is 1. The molecule has 1 unspecified atom stereocenters. The normalized spacial score (nSPS) is 19.2. The number of rotatable bonds is 6. The van der Waals surface area contributed by atoms with E-state index in [1.165, 1.54) is 0 Å². The van der Waals surface area contributed by atoms with E-state index in [-0.39, 0.29) is 12.4 Å². The second-order valence-electron chi connectivity index (χ2n) is 8.09. The van der Waals surface area contributed by atoms with E-state index in [1.54, 1.807) is 30.3 Å². The third kappa shape index (κ3) is 5.55. The average Bonchev–Trinajstić information content (AvgIpc) is 2.85. The van der Waals surface area contributed by atoms with Crippen LogP contribution in [0.15, 0.2) is 59.6 Å². The molecule has 0 saturated carbocycles. The van der Waals surface area contributed by atoms with E-state index in [1.807, 2.05) is 30.5 Å². The number of aromatic nitrogens is 2. The smallest absolute Gasteiger partial charge is 0.306 e. The van der Waals surface area contributed by atoms with Crippen LogP contribution in [-0.4, -0.2) is 82.7 Å². The Morgan fingerprint density at radius 2 is 1.82 bits per heavy atom. The molecule has 174 valence electrons. The molecule has 0 aliphatic carbocycles. The second-order valence-corrected chi connectivity index (χ2v) is 8.09. The van der Waals surface area contributed by atoms with Crippen LogP contribution in [0, 0.1) is 0 Å². The van der Waals surface area contributed by atoms with E-state index in [9.17, 15) is 9.90 Å². The van der Waals surface area contributed by atoms with Crippen LogP contribution in [0.4, 0.5) is 5.69 Å². The van der Waals surface area contributed by atoms with Crippen LogP contribution < -0.4 is 4.90 Å². The minimum Gasteiger partial charge on any atom is -0.466 e. The summed E-state index contributed by atoms with van der Waals surface area (Å²) in [5, 5.41) is 11.2. The first kappa shape index (κ1) is 22.9. The van der Waals surface area contributed by atoms with Gasteiger partial charge in [0, 0.05) is 62.4 Å². The van der Waals surface area contributed by atoms with Gasteiger partial charge in [0.05, 0.1) is 18.7 Å². The molecule has 1 atom stereocenters. The Hall–Kier alpha value is -3.30. The summed E-state index contributed by atoms with van der Waals surface area (Å²) in [6.07, 6.45) is 5.00. The van der Waals surface area contributed by atoms with Gasteiger partial charge < -0.3 is 24.5 Å². The first-order chi connectivity index (χ1) is 16.0. The Balaban J connectivity index is 1.58. The van der Waals surface area contributed by atoms with Crippen molar-refractivity contribution >= 4 is 17.5 Å². The maximum Gasteiger partial charge on any atom is 0.306 e. The molecule has 2 aliphatic rings. The van der Waals surface area contributed by atoms with E-state index >= 15 is 0 Å². The van der Waals surface area contributed by atoms with E-state index in [2.05, 4.69) is 26.8 Å². The van der Waals surface area contributed by atoms with E-state index < -0.39 is 6.23 Å². The van der Waals surface area contributed by atoms with Crippen molar-refractivity contribution in [2.75, 3.05) is 44.7 Å². The van der Waals surface area contributed by atoms with Crippen molar-refractivity contribution in [3.63, 3.8) is 0 Å². The number of amidine groups is 1. The van der Waals surface area contributed by atoms with E-state index in [0.29, 0.717) is 24.7 Å². The van der Waals surface area contributed by atoms with Gasteiger partial charge in [-0.2, -0.15) is 0 Å². The number of piperazine rings is 1. The number of aliphatic hydroxyl groups excluding tert-OH is 1. The summed E-state index contributed by atoms with van der Waals surface area (Å²) in [6, 6.07) is 9.52. The van der Waals surface area contributed by atoms with Crippen molar-refractivity contribution in [1.82, 2.24) is 19.8 Å². The lowest BCUT2D eigenvalue weighted by molar-refractivity contribution is -0.143. The van der Waals surface area contributed by atoms with Crippen LogP contribution in [0.25, 0.3) is 11.4 Å². The fourth-order valence-corrected chi connectivity index (χ4v) is 3.89. The largest absolute Gasteiger partial charge is 0.466 e. The number of hydrogen-bond acceptors (Lipinski definition) is 9. The van der Waals surface area contributed by atoms with Crippen LogP contribution in [-0.2, 0) is 9.53 Å². The third-order valence-corrected chi connectivity index (χ3v) is 5.75. The number of ether oxygens (including phenoxy) is 1. The zero-order chi connectivity index (χ0) is 23.2. The number of esters is 1. The van der Waals surface area contributed by atoms with Gasteiger partial charge in [-0.15, -0.1) is 0 Å². The highest BCUT2D eigenvalue weighted by molar-refractivity contribution is 5.91. The number of anilines is 1. The lowest BCUT2D eigenvalue weighted by Gasteiger charge is -2.40. The molecule has 1 saturated heterocycles. The Labute approximate surface area is 194 Å². The van der Waals surface area contributed by atoms with Crippen LogP contribution in [0.1, 0.15) is 19.8 Å². The SMILES string of the molecule is CCOC(=O)CCC1=CN(c2ccc(-c3ncccn3)cc2)C(O)C(N2CCN(C)CC2)=N1. The first-order valence-corrected chi connectivity index (χ1v) is 11.3. The van der Waals surface area contributed by atoms with Crippen LogP contribution in [0.5, 0.6) is 0 Å². The van der Waals surface area contributed by atoms with E-state index in [4.69, 9.17) is 9.73 Å². The summed E-state index contributed by atoms with van der Waals surface area (Å²) in [6.45, 7) is 5.53. The molecule has 0 bridgehead atoms. The molecule has 9 nitrogen and oxygen atoms in total. The van der Waals surface area contributed by atoms with Crippen LogP contribution in [0.3, 0.4) is 0 Å². The van der Waals surface area contributed by atoms with Crippen LogP contribution >= 0.6 is 0 Å². The maximum absolute atomic E-state index is 11.9. The minimum atomic E-state index is -0.918. The number of hydrogen-bond donors (Lipinski definition) is 1. The Morgan fingerprint density at radius 1 is 1.12 bits per heavy atom. The van der Waals surface area contributed by atoms with Crippen molar-refractivity contribution in [1.29, 1.82) is 0 Å². The summed E-state index contributed by atoms with van der Waals surface area (Å²) in [5.41, 5.74) is 2.44. The number of aliphatic hydroxyl groups is 1. The molecule has 1 aromatic carbocycles. The van der Waals surface area contributed by atoms with Crippen LogP contribution in [0.2, 0.25) is 0 Å². The molecule has 0 amide bonds. The summed E-state index contributed by atoms with van der Waals surface area (Å²) in [4.78, 5) is 31.4. The molecule has 3 heterocycles. The molecule has 33 heavy (non-hydrogen) atoms. The Morgan fingerprint density at radius 3 is 2.48 bits per heavy atom. The number of carbonyl (C=O) groups excluding carboxylic acids is 1. The van der Waals surface area contributed by atoms with Gasteiger partial charge in [-0.05, 0) is 44.3 Å². The predicted molar refractivity (Wildman–Crippen MR) is 126 cm³/mol. The number of nitrogens with zero attached hydrogens (tertiary/aromatic N) is 6. The number of likely N-dealkylation sites (N-methyl/N-ethyl adjacent to an activating group) is 1. The quantitative estimate of drug-likeness (QED) is 0.669. The molecule has 1 fully saturated rings. The number of allylic oxidation sites excluding steroid dienone is 1. The van der Waals surface area contributed by atoms with Crippen molar-refractivity contribution < 1.29 is 14.6 Å². The van der Waals surface area contributed by atoms with Gasteiger partial charge in [0.1, 0.15) is 0 Å². The van der Waals surface area contributed by atoms with E-state index in [0.717, 1.165) is 43.1 Å². The molecule has 2 aromatic rings. The van der Waals surface area contributed by atoms with Crippen molar-refractivity contribution in [2.24, 2.45) is 4.99 Å². The number of aliphatic imine (C=N–C) groups is 1. The van der Waals surface area contributed by atoms with Crippen molar-refractivity contribution in [3.8, 4) is 11.4 Å². The highest BCUT2D eigenvalue weighted by atomic mass is 16.5. The van der Waals surface area contributed by atoms with Crippen molar-refractivity contribution in [2.45, 2.75) is 26.0 Å². The van der Waals surface area contributed by atoms with Gasteiger partial charge in [0.25, 0.3) is 0 Å². The van der Waals surface area contributed by atoms with Gasteiger partial charge in [-0.25, -0.2) is 15.0 Å². The van der Waals surface area contributed by atoms with Crippen molar-refractivity contribution in [3.05, 3.63) is 54.6 Å². The molecular formula is C24H30N6O3. The first-order valence-electron chi connectivity index (χ1n) is 11.3. The molecule has 0 spiro atoms. The average molecular weight is 451 g/mol. The topological polar surface area (TPSA) is 94.4 Å². The highest BCUT2D eigenvalue weighted by Gasteiger charge is 2.31. The molecule has 1 N–H and O–H groups in total. The van der Waals surface area contributed by atoms with Gasteiger partial charge in [-0.3, -0.25) is 4.79 Å². The standard InChI is InChI=1S/C24H30N6O3/c1-3-33-21(31)10-7-19-17-30(24(32)23(27-19)29-15-13-28(2)14-16-29)20-8-5-18(6-9-20)22-25-11-4-12-26-22/h4-6,8-9,11-12,17,24,32H,3,7,10,13-16H2,1-2H3. The third-order valence-electron chi connectivity index (χ3n) is 5.75. The van der Waals surface area contributed by atoms with Gasteiger partial charge >= 0.3 is 5.97 Å². The summed E-state index contributed by atoms with van der Waals surface area (Å²) in [5.74, 6) is 1.01. The molecular weight excluding hydrogens is 420 g/mol. The zero-order valence-corrected chi connectivity index (χ0v) is 19.1. The summed E-state index contributed by atoms with van der Waals surface area (Å²) >= 11 is 0.